The Bertz CT molecular complexity index is 798. The molecule has 0 bridgehead atoms. The predicted octanol–water partition coefficient (Wildman–Crippen LogP) is 4.24. The van der Waals surface area contributed by atoms with Gasteiger partial charge in [-0.05, 0) is 36.4 Å². The van der Waals surface area contributed by atoms with Gasteiger partial charge >= 0.3 is 6.09 Å². The third kappa shape index (κ3) is 2.44. The minimum atomic E-state index is -1.12. The molecule has 1 amide bonds. The van der Waals surface area contributed by atoms with Crippen LogP contribution in [0, 0.1) is 0 Å². The maximum atomic E-state index is 10.6. The Morgan fingerprint density at radius 1 is 1.25 bits per heavy atom. The molecule has 0 saturated carbocycles. The topological polar surface area (TPSA) is 75.4 Å². The third-order valence-electron chi connectivity index (χ3n) is 2.71. The zero-order valence-corrected chi connectivity index (χ0v) is 10.9. The molecule has 2 N–H and O–H groups in total. The van der Waals surface area contributed by atoms with Crippen LogP contribution in [0.3, 0.4) is 0 Å². The molecule has 3 aromatic rings. The van der Waals surface area contributed by atoms with E-state index in [9.17, 15) is 4.79 Å². The van der Waals surface area contributed by atoms with Crippen LogP contribution in [0.5, 0.6) is 0 Å². The molecule has 0 aliphatic heterocycles. The number of nitrogens with one attached hydrogen (secondary N) is 1. The van der Waals surface area contributed by atoms with Crippen LogP contribution in [-0.4, -0.2) is 16.2 Å². The first-order chi connectivity index (χ1) is 9.61. The molecule has 6 heteroatoms. The van der Waals surface area contributed by atoms with Gasteiger partial charge in [-0.2, -0.15) is 0 Å². The Balaban J connectivity index is 2.04. The molecule has 1 aromatic heterocycles. The number of rotatable bonds is 2. The second-order valence-corrected chi connectivity index (χ2v) is 4.58. The van der Waals surface area contributed by atoms with Crippen LogP contribution in [-0.2, 0) is 0 Å². The molecule has 0 aliphatic carbocycles. The average Bonchev–Trinajstić information content (AvgIpc) is 2.81. The molecule has 0 fully saturated rings. The van der Waals surface area contributed by atoms with E-state index in [1.165, 1.54) is 0 Å². The first-order valence-corrected chi connectivity index (χ1v) is 6.16. The van der Waals surface area contributed by atoms with E-state index in [1.807, 2.05) is 12.1 Å². The van der Waals surface area contributed by atoms with E-state index in [1.54, 1.807) is 30.3 Å². The number of hydrogen-bond donors (Lipinski definition) is 2. The molecule has 0 saturated heterocycles. The molecule has 5 nitrogen and oxygen atoms in total. The first kappa shape index (κ1) is 12.5. The van der Waals surface area contributed by atoms with E-state index >= 15 is 0 Å². The van der Waals surface area contributed by atoms with Crippen LogP contribution in [0.15, 0.2) is 46.9 Å². The largest absolute Gasteiger partial charge is 0.465 e. The molecule has 1 heterocycles. The van der Waals surface area contributed by atoms with Gasteiger partial charge in [0.05, 0.1) is 0 Å². The Hall–Kier alpha value is -2.53. The number of benzene rings is 2. The molecule has 2 aromatic carbocycles. The van der Waals surface area contributed by atoms with Crippen molar-refractivity contribution in [2.75, 3.05) is 5.32 Å². The van der Waals surface area contributed by atoms with Crippen molar-refractivity contribution >= 4 is 34.5 Å². The first-order valence-electron chi connectivity index (χ1n) is 5.78. The van der Waals surface area contributed by atoms with Crippen LogP contribution in [0.1, 0.15) is 0 Å². The van der Waals surface area contributed by atoms with E-state index in [2.05, 4.69) is 10.3 Å². The minimum Gasteiger partial charge on any atom is -0.465 e. The normalized spacial score (nSPS) is 10.7. The van der Waals surface area contributed by atoms with Crippen molar-refractivity contribution in [2.45, 2.75) is 0 Å². The van der Waals surface area contributed by atoms with Crippen molar-refractivity contribution < 1.29 is 14.3 Å². The number of oxazole rings is 1. The number of nitrogens with zero attached hydrogens (tertiary/aromatic N) is 1. The summed E-state index contributed by atoms with van der Waals surface area (Å²) in [5, 5.41) is 11.5. The van der Waals surface area contributed by atoms with Gasteiger partial charge in [0, 0.05) is 16.3 Å². The quantitative estimate of drug-likeness (QED) is 0.739. The maximum Gasteiger partial charge on any atom is 0.409 e. The molecular formula is C14H9ClN2O3. The highest BCUT2D eigenvalue weighted by Gasteiger charge is 2.09. The maximum absolute atomic E-state index is 10.6. The highest BCUT2D eigenvalue weighted by atomic mass is 35.5. The number of halogens is 1. The summed E-state index contributed by atoms with van der Waals surface area (Å²) < 4.78 is 5.62. The van der Waals surface area contributed by atoms with Gasteiger partial charge in [0.2, 0.25) is 5.89 Å². The van der Waals surface area contributed by atoms with Crippen molar-refractivity contribution in [2.24, 2.45) is 0 Å². The SMILES string of the molecule is O=C(O)Nc1ccc2oc(-c3cccc(Cl)c3)nc2c1. The van der Waals surface area contributed by atoms with Gasteiger partial charge in [-0.25, -0.2) is 9.78 Å². The Kier molecular flexibility index (Phi) is 3.04. The molecule has 20 heavy (non-hydrogen) atoms. The van der Waals surface area contributed by atoms with Gasteiger partial charge in [0.25, 0.3) is 0 Å². The van der Waals surface area contributed by atoms with E-state index < -0.39 is 6.09 Å². The summed E-state index contributed by atoms with van der Waals surface area (Å²) >= 11 is 5.93. The van der Waals surface area contributed by atoms with Gasteiger partial charge in [-0.15, -0.1) is 0 Å². The summed E-state index contributed by atoms with van der Waals surface area (Å²) in [5.41, 5.74) is 2.36. The van der Waals surface area contributed by atoms with Crippen molar-refractivity contribution in [1.29, 1.82) is 0 Å². The van der Waals surface area contributed by atoms with Crippen LogP contribution in [0.25, 0.3) is 22.6 Å². The number of carbonyl (C=O) groups is 1. The zero-order chi connectivity index (χ0) is 14.1. The third-order valence-corrected chi connectivity index (χ3v) is 2.95. The molecule has 0 unspecified atom stereocenters. The minimum absolute atomic E-state index is 0.440. The zero-order valence-electron chi connectivity index (χ0n) is 10.1. The lowest BCUT2D eigenvalue weighted by Gasteiger charge is -1.98. The molecule has 0 radical (unpaired) electrons. The molecule has 0 aliphatic rings. The van der Waals surface area contributed by atoms with Crippen molar-refractivity contribution in [3.63, 3.8) is 0 Å². The highest BCUT2D eigenvalue weighted by Crippen LogP contribution is 2.27. The summed E-state index contributed by atoms with van der Waals surface area (Å²) in [6.07, 6.45) is -1.12. The van der Waals surface area contributed by atoms with E-state index in [4.69, 9.17) is 21.1 Å². The van der Waals surface area contributed by atoms with Gasteiger partial charge in [-0.1, -0.05) is 17.7 Å². The monoisotopic (exact) mass is 288 g/mol. The predicted molar refractivity (Wildman–Crippen MR) is 76.1 cm³/mol. The molecular weight excluding hydrogens is 280 g/mol. The molecule has 3 rings (SSSR count). The Labute approximate surface area is 118 Å². The lowest BCUT2D eigenvalue weighted by Crippen LogP contribution is -2.06. The van der Waals surface area contributed by atoms with E-state index in [-0.39, 0.29) is 0 Å². The van der Waals surface area contributed by atoms with Gasteiger partial charge in [0.15, 0.2) is 5.58 Å². The molecule has 100 valence electrons. The van der Waals surface area contributed by atoms with E-state index in [0.717, 1.165) is 5.56 Å². The smallest absolute Gasteiger partial charge is 0.409 e. The van der Waals surface area contributed by atoms with Gasteiger partial charge in [-0.3, -0.25) is 5.32 Å². The fourth-order valence-corrected chi connectivity index (χ4v) is 2.06. The Morgan fingerprint density at radius 3 is 2.85 bits per heavy atom. The average molecular weight is 289 g/mol. The van der Waals surface area contributed by atoms with Gasteiger partial charge in [0.1, 0.15) is 5.52 Å². The number of aromatic nitrogens is 1. The number of carboxylic acid groups (broad SMARTS) is 1. The van der Waals surface area contributed by atoms with Crippen molar-refractivity contribution in [3.8, 4) is 11.5 Å². The lowest BCUT2D eigenvalue weighted by molar-refractivity contribution is 0.210. The van der Waals surface area contributed by atoms with E-state index in [0.29, 0.717) is 27.7 Å². The fourth-order valence-electron chi connectivity index (χ4n) is 1.87. The standard InChI is InChI=1S/C14H9ClN2O3/c15-9-3-1-2-8(6-9)13-17-11-7-10(16-14(18)19)4-5-12(11)20-13/h1-7,16H,(H,18,19). The van der Waals surface area contributed by atoms with Crippen LogP contribution >= 0.6 is 11.6 Å². The summed E-state index contributed by atoms with van der Waals surface area (Å²) in [5.74, 6) is 0.440. The van der Waals surface area contributed by atoms with Crippen molar-refractivity contribution in [3.05, 3.63) is 47.5 Å². The number of amides is 1. The number of fused-ring (bicyclic) bond motifs is 1. The Morgan fingerprint density at radius 2 is 2.10 bits per heavy atom. The summed E-state index contributed by atoms with van der Waals surface area (Å²) in [4.78, 5) is 14.9. The summed E-state index contributed by atoms with van der Waals surface area (Å²) in [6, 6.07) is 12.1. The van der Waals surface area contributed by atoms with Crippen LogP contribution < -0.4 is 5.32 Å². The number of hydrogen-bond acceptors (Lipinski definition) is 3. The summed E-state index contributed by atoms with van der Waals surface area (Å²) in [7, 11) is 0. The van der Waals surface area contributed by atoms with Gasteiger partial charge < -0.3 is 9.52 Å². The fraction of sp³-hybridized carbons (Fsp3) is 0. The van der Waals surface area contributed by atoms with Crippen LogP contribution in [0.2, 0.25) is 5.02 Å². The second kappa shape index (κ2) is 4.86. The summed E-state index contributed by atoms with van der Waals surface area (Å²) in [6.45, 7) is 0. The second-order valence-electron chi connectivity index (χ2n) is 4.14. The lowest BCUT2D eigenvalue weighted by atomic mass is 10.2. The number of anilines is 1. The van der Waals surface area contributed by atoms with Crippen molar-refractivity contribution in [1.82, 2.24) is 4.98 Å². The van der Waals surface area contributed by atoms with Crippen LogP contribution in [0.4, 0.5) is 10.5 Å². The molecule has 0 atom stereocenters. The molecule has 0 spiro atoms. The highest BCUT2D eigenvalue weighted by molar-refractivity contribution is 6.30.